The maximum atomic E-state index is 12.5. The summed E-state index contributed by atoms with van der Waals surface area (Å²) in [6.07, 6.45) is 8.84. The Morgan fingerprint density at radius 1 is 1.23 bits per heavy atom. The van der Waals surface area contributed by atoms with Gasteiger partial charge in [-0.1, -0.05) is 0 Å². The first-order valence-electron chi connectivity index (χ1n) is 8.67. The highest BCUT2D eigenvalue weighted by Crippen LogP contribution is 2.23. The Kier molecular flexibility index (Phi) is 4.24. The summed E-state index contributed by atoms with van der Waals surface area (Å²) in [6, 6.07) is 3.75. The average Bonchev–Trinajstić information content (AvgIpc) is 3.36. The van der Waals surface area contributed by atoms with Gasteiger partial charge in [0.05, 0.1) is 0 Å². The maximum absolute atomic E-state index is 12.5. The Morgan fingerprint density at radius 3 is 2.85 bits per heavy atom. The Morgan fingerprint density at radius 2 is 2.12 bits per heavy atom. The third-order valence-electron chi connectivity index (χ3n) is 4.78. The summed E-state index contributed by atoms with van der Waals surface area (Å²) < 4.78 is 3.59. The molecule has 26 heavy (non-hydrogen) atoms. The molecule has 0 bridgehead atoms. The number of aryl methyl sites for hydroxylation is 2. The molecule has 3 aromatic rings. The number of carbonyl (C=O) groups excluding carboxylic acids is 1. The lowest BCUT2D eigenvalue weighted by Crippen LogP contribution is -2.29. The van der Waals surface area contributed by atoms with Crippen molar-refractivity contribution >= 4 is 5.91 Å². The van der Waals surface area contributed by atoms with Gasteiger partial charge in [-0.25, -0.2) is 15.0 Å². The number of amides is 1. The van der Waals surface area contributed by atoms with Crippen molar-refractivity contribution < 1.29 is 4.79 Å². The number of imidazole rings is 1. The Bertz CT molecular complexity index is 929. The van der Waals surface area contributed by atoms with Crippen molar-refractivity contribution in [2.45, 2.75) is 12.8 Å². The molecule has 1 amide bonds. The van der Waals surface area contributed by atoms with Gasteiger partial charge in [0.1, 0.15) is 17.7 Å². The zero-order valence-electron chi connectivity index (χ0n) is 14.9. The van der Waals surface area contributed by atoms with Gasteiger partial charge in [0.2, 0.25) is 0 Å². The van der Waals surface area contributed by atoms with Gasteiger partial charge in [-0.3, -0.25) is 9.48 Å². The highest BCUT2D eigenvalue weighted by atomic mass is 16.2. The van der Waals surface area contributed by atoms with Crippen LogP contribution >= 0.6 is 0 Å². The second kappa shape index (κ2) is 6.70. The smallest absolute Gasteiger partial charge is 0.274 e. The minimum Gasteiger partial charge on any atom is -0.337 e. The minimum atomic E-state index is 0.00415. The zero-order valence-corrected chi connectivity index (χ0v) is 14.9. The van der Waals surface area contributed by atoms with E-state index in [0.29, 0.717) is 11.6 Å². The van der Waals surface area contributed by atoms with Crippen molar-refractivity contribution in [3.05, 3.63) is 48.4 Å². The van der Waals surface area contributed by atoms with E-state index in [4.69, 9.17) is 0 Å². The van der Waals surface area contributed by atoms with E-state index < -0.39 is 0 Å². The van der Waals surface area contributed by atoms with Gasteiger partial charge in [-0.2, -0.15) is 5.10 Å². The Labute approximate surface area is 151 Å². The lowest BCUT2D eigenvalue weighted by atomic mass is 10.0. The summed E-state index contributed by atoms with van der Waals surface area (Å²) in [5.41, 5.74) is 2.31. The van der Waals surface area contributed by atoms with E-state index in [0.717, 1.165) is 43.1 Å². The van der Waals surface area contributed by atoms with Crippen LogP contribution in [0, 0.1) is 5.92 Å². The minimum absolute atomic E-state index is 0.00415. The fourth-order valence-corrected chi connectivity index (χ4v) is 3.41. The van der Waals surface area contributed by atoms with E-state index in [1.54, 1.807) is 29.5 Å². The third-order valence-corrected chi connectivity index (χ3v) is 4.78. The molecule has 0 unspecified atom stereocenters. The lowest BCUT2D eigenvalue weighted by Gasteiger charge is -2.15. The first kappa shape index (κ1) is 16.4. The van der Waals surface area contributed by atoms with E-state index in [1.165, 1.54) is 0 Å². The van der Waals surface area contributed by atoms with Crippen LogP contribution in [0.5, 0.6) is 0 Å². The highest BCUT2D eigenvalue weighted by Gasteiger charge is 2.28. The van der Waals surface area contributed by atoms with Gasteiger partial charge in [0, 0.05) is 51.5 Å². The number of rotatable bonds is 4. The molecule has 1 fully saturated rings. The Balaban J connectivity index is 1.43. The average molecular weight is 351 g/mol. The summed E-state index contributed by atoms with van der Waals surface area (Å²) in [7, 11) is 3.76. The van der Waals surface area contributed by atoms with Crippen molar-refractivity contribution in [3.8, 4) is 11.5 Å². The molecule has 0 N–H and O–H groups in total. The highest BCUT2D eigenvalue weighted by molar-refractivity contribution is 5.92. The van der Waals surface area contributed by atoms with Crippen LogP contribution < -0.4 is 0 Å². The molecule has 0 aromatic carbocycles. The van der Waals surface area contributed by atoms with Crippen molar-refractivity contribution in [2.24, 2.45) is 20.0 Å². The molecule has 1 aliphatic heterocycles. The van der Waals surface area contributed by atoms with Crippen LogP contribution in [0.15, 0.2) is 37.1 Å². The standard InChI is InChI=1S/C18H21N7O/c1-23-8-5-19-17(23)16-10-14(20-12-21-16)9-13-3-7-25(11-13)18(26)15-4-6-24(2)22-15/h4-6,8,10,12-13H,3,7,9,11H2,1-2H3/t13-/m0/s1. The third kappa shape index (κ3) is 3.22. The molecule has 1 atom stereocenters. The fraction of sp³-hybridized carbons (Fsp3) is 0.389. The van der Waals surface area contributed by atoms with E-state index in [2.05, 4.69) is 20.1 Å². The largest absolute Gasteiger partial charge is 0.337 e. The second-order valence-electron chi connectivity index (χ2n) is 6.74. The zero-order chi connectivity index (χ0) is 18.1. The number of aromatic nitrogens is 6. The molecule has 4 heterocycles. The molecular formula is C18H21N7O. The van der Waals surface area contributed by atoms with Gasteiger partial charge in [0.15, 0.2) is 5.82 Å². The molecule has 1 saturated heterocycles. The molecule has 0 radical (unpaired) electrons. The van der Waals surface area contributed by atoms with Crippen LogP contribution in [0.2, 0.25) is 0 Å². The predicted molar refractivity (Wildman–Crippen MR) is 95.2 cm³/mol. The predicted octanol–water partition coefficient (Wildman–Crippen LogP) is 1.32. The summed E-state index contributed by atoms with van der Waals surface area (Å²) in [5, 5.41) is 4.21. The summed E-state index contributed by atoms with van der Waals surface area (Å²) in [6.45, 7) is 1.49. The quantitative estimate of drug-likeness (QED) is 0.708. The van der Waals surface area contributed by atoms with E-state index >= 15 is 0 Å². The van der Waals surface area contributed by atoms with Crippen LogP contribution in [0.1, 0.15) is 22.6 Å². The molecule has 0 aliphatic carbocycles. The number of carbonyl (C=O) groups is 1. The molecule has 0 saturated carbocycles. The number of likely N-dealkylation sites (tertiary alicyclic amines) is 1. The fourth-order valence-electron chi connectivity index (χ4n) is 3.41. The molecular weight excluding hydrogens is 330 g/mol. The molecule has 134 valence electrons. The lowest BCUT2D eigenvalue weighted by molar-refractivity contribution is 0.0780. The van der Waals surface area contributed by atoms with Gasteiger partial charge in [-0.05, 0) is 30.9 Å². The van der Waals surface area contributed by atoms with E-state index in [9.17, 15) is 4.79 Å². The number of nitrogens with zero attached hydrogens (tertiary/aromatic N) is 7. The van der Waals surface area contributed by atoms with Crippen LogP contribution in [0.25, 0.3) is 11.5 Å². The molecule has 3 aromatic heterocycles. The summed E-state index contributed by atoms with van der Waals surface area (Å²) in [4.78, 5) is 27.5. The van der Waals surface area contributed by atoms with Crippen LogP contribution in [-0.2, 0) is 20.5 Å². The maximum Gasteiger partial charge on any atom is 0.274 e. The second-order valence-corrected chi connectivity index (χ2v) is 6.74. The number of hydrogen-bond donors (Lipinski definition) is 0. The van der Waals surface area contributed by atoms with Crippen LogP contribution in [-0.4, -0.2) is 53.2 Å². The monoisotopic (exact) mass is 351 g/mol. The number of hydrogen-bond acceptors (Lipinski definition) is 5. The SMILES string of the molecule is Cn1ccc(C(=O)N2CC[C@@H](Cc3cc(-c4nccn4C)ncn3)C2)n1. The first-order valence-corrected chi connectivity index (χ1v) is 8.67. The van der Waals surface area contributed by atoms with Gasteiger partial charge in [0.25, 0.3) is 5.91 Å². The van der Waals surface area contributed by atoms with Crippen molar-refractivity contribution in [1.29, 1.82) is 0 Å². The van der Waals surface area contributed by atoms with E-state index in [1.807, 2.05) is 35.8 Å². The summed E-state index contributed by atoms with van der Waals surface area (Å²) in [5.74, 6) is 1.23. The summed E-state index contributed by atoms with van der Waals surface area (Å²) >= 11 is 0. The van der Waals surface area contributed by atoms with Crippen molar-refractivity contribution in [3.63, 3.8) is 0 Å². The van der Waals surface area contributed by atoms with Gasteiger partial charge in [-0.15, -0.1) is 0 Å². The van der Waals surface area contributed by atoms with Crippen molar-refractivity contribution in [1.82, 2.24) is 34.2 Å². The molecule has 4 rings (SSSR count). The van der Waals surface area contributed by atoms with Crippen LogP contribution in [0.3, 0.4) is 0 Å². The Hall–Kier alpha value is -3.03. The first-order chi connectivity index (χ1) is 12.6. The molecule has 0 spiro atoms. The topological polar surface area (TPSA) is 81.7 Å². The normalized spacial score (nSPS) is 17.0. The van der Waals surface area contributed by atoms with E-state index in [-0.39, 0.29) is 5.91 Å². The molecule has 8 heteroatoms. The molecule has 1 aliphatic rings. The van der Waals surface area contributed by atoms with Crippen LogP contribution in [0.4, 0.5) is 0 Å². The molecule has 8 nitrogen and oxygen atoms in total. The van der Waals surface area contributed by atoms with Gasteiger partial charge < -0.3 is 9.47 Å². The van der Waals surface area contributed by atoms with Crippen molar-refractivity contribution in [2.75, 3.05) is 13.1 Å². The van der Waals surface area contributed by atoms with Gasteiger partial charge >= 0.3 is 0 Å².